The number of hydrogen-bond donors (Lipinski definition) is 1. The molecule has 0 fully saturated rings. The van der Waals surface area contributed by atoms with Crippen molar-refractivity contribution in [3.63, 3.8) is 0 Å². The maximum atomic E-state index is 13.2. The molecule has 0 saturated heterocycles. The van der Waals surface area contributed by atoms with Crippen molar-refractivity contribution in [2.45, 2.75) is 15.4 Å². The lowest BCUT2D eigenvalue weighted by Gasteiger charge is -2.27. The van der Waals surface area contributed by atoms with Gasteiger partial charge in [-0.1, -0.05) is 18.2 Å². The highest BCUT2D eigenvalue weighted by molar-refractivity contribution is 7.94. The predicted molar refractivity (Wildman–Crippen MR) is 75.2 cm³/mol. The van der Waals surface area contributed by atoms with E-state index in [9.17, 15) is 39.0 Å². The van der Waals surface area contributed by atoms with Crippen LogP contribution in [-0.4, -0.2) is 36.9 Å². The summed E-state index contributed by atoms with van der Waals surface area (Å²) < 4.78 is 107. The summed E-state index contributed by atoms with van der Waals surface area (Å²) in [5, 5.41) is -12.4. The first kappa shape index (κ1) is 21.1. The Hall–Kier alpha value is -1.99. The highest BCUT2D eigenvalue weighted by Gasteiger charge is 2.70. The molecule has 2 aromatic rings. The molecule has 1 aromatic heterocycles. The monoisotopic (exact) mass is 404 g/mol. The first-order chi connectivity index (χ1) is 11.2. The lowest BCUT2D eigenvalue weighted by molar-refractivity contribution is -0.670. The van der Waals surface area contributed by atoms with Gasteiger partial charge in [0, 0.05) is 0 Å². The Kier molecular flexibility index (Phi) is 5.97. The predicted octanol–water partition coefficient (Wildman–Crippen LogP) is 1.03. The van der Waals surface area contributed by atoms with Crippen LogP contribution in [0.1, 0.15) is 0 Å². The average molecular weight is 404 g/mol. The highest BCUT2D eigenvalue weighted by Crippen LogP contribution is 2.44. The third-order valence-electron chi connectivity index (χ3n) is 2.73. The van der Waals surface area contributed by atoms with Crippen molar-refractivity contribution in [1.82, 2.24) is 4.98 Å². The Balaban J connectivity index is 0.000000435. The van der Waals surface area contributed by atoms with Gasteiger partial charge in [-0.15, -0.1) is 0 Å². The SMILES string of the molecule is C[n+]1cc[nH]c1.O=S(=O)([O-])C(F)(F)C(F)(F)S(=O)(=O)c1ccccc1. The topological polar surface area (TPSA) is 111 Å². The van der Waals surface area contributed by atoms with Gasteiger partial charge < -0.3 is 4.55 Å². The van der Waals surface area contributed by atoms with Crippen LogP contribution in [0.3, 0.4) is 0 Å². The van der Waals surface area contributed by atoms with Crippen molar-refractivity contribution in [2.24, 2.45) is 7.05 Å². The number of H-pyrrole nitrogens is 1. The van der Waals surface area contributed by atoms with E-state index in [-0.39, 0.29) is 0 Å². The zero-order chi connectivity index (χ0) is 19.5. The van der Waals surface area contributed by atoms with E-state index in [4.69, 9.17) is 0 Å². The minimum atomic E-state index is -6.86. The lowest BCUT2D eigenvalue weighted by atomic mass is 10.4. The van der Waals surface area contributed by atoms with Crippen molar-refractivity contribution >= 4 is 20.0 Å². The molecule has 0 spiro atoms. The maximum absolute atomic E-state index is 13.2. The summed E-state index contributed by atoms with van der Waals surface area (Å²) in [5.74, 6) is 0. The van der Waals surface area contributed by atoms with Gasteiger partial charge in [-0.3, -0.25) is 4.98 Å². The third kappa shape index (κ3) is 4.16. The molecule has 0 amide bonds. The maximum Gasteiger partial charge on any atom is 0.425 e. The number of alkyl halides is 4. The molecule has 7 nitrogen and oxygen atoms in total. The van der Waals surface area contributed by atoms with Crippen LogP contribution < -0.4 is 4.57 Å². The number of aromatic amines is 1. The largest absolute Gasteiger partial charge is 0.743 e. The second-order valence-corrected chi connectivity index (χ2v) is 7.99. The second kappa shape index (κ2) is 7.09. The molecular formula is C12H12F4N2O5S2. The van der Waals surface area contributed by atoms with Gasteiger partial charge in [0.05, 0.1) is 11.9 Å². The first-order valence-corrected chi connectivity index (χ1v) is 9.13. The minimum Gasteiger partial charge on any atom is -0.743 e. The Bertz CT molecular complexity index is 898. The number of sulfone groups is 1. The third-order valence-corrected chi connectivity index (χ3v) is 5.57. The van der Waals surface area contributed by atoms with Crippen molar-refractivity contribution in [3.8, 4) is 0 Å². The summed E-state index contributed by atoms with van der Waals surface area (Å²) in [6, 6.07) is 4.28. The number of aromatic nitrogens is 2. The van der Waals surface area contributed by atoms with Crippen LogP contribution in [0.2, 0.25) is 0 Å². The summed E-state index contributed by atoms with van der Waals surface area (Å²) >= 11 is 0. The van der Waals surface area contributed by atoms with E-state index in [1.54, 1.807) is 0 Å². The van der Waals surface area contributed by atoms with Gasteiger partial charge in [-0.2, -0.15) is 17.6 Å². The molecule has 0 bridgehead atoms. The fraction of sp³-hybridized carbons (Fsp3) is 0.250. The van der Waals surface area contributed by atoms with E-state index in [1.807, 2.05) is 30.3 Å². The summed E-state index contributed by atoms with van der Waals surface area (Å²) in [7, 11) is -10.9. The number of aryl methyl sites for hydroxylation is 1. The Morgan fingerprint density at radius 3 is 1.84 bits per heavy atom. The van der Waals surface area contributed by atoms with E-state index in [1.165, 1.54) is 6.07 Å². The van der Waals surface area contributed by atoms with Gasteiger partial charge in [0.1, 0.15) is 12.4 Å². The van der Waals surface area contributed by atoms with E-state index in [2.05, 4.69) is 4.98 Å². The Labute approximate surface area is 140 Å². The fourth-order valence-electron chi connectivity index (χ4n) is 1.41. The van der Waals surface area contributed by atoms with Crippen LogP contribution in [0.4, 0.5) is 17.6 Å². The van der Waals surface area contributed by atoms with Crippen LogP contribution in [-0.2, 0) is 27.0 Å². The Morgan fingerprint density at radius 2 is 1.52 bits per heavy atom. The van der Waals surface area contributed by atoms with Gasteiger partial charge in [0.15, 0.2) is 10.1 Å². The molecule has 1 N–H and O–H groups in total. The molecule has 140 valence electrons. The van der Waals surface area contributed by atoms with Crippen LogP contribution in [0, 0.1) is 0 Å². The summed E-state index contributed by atoms with van der Waals surface area (Å²) in [6.45, 7) is 0. The summed E-state index contributed by atoms with van der Waals surface area (Å²) in [6.07, 6.45) is 5.69. The molecule has 1 heterocycles. The quantitative estimate of drug-likeness (QED) is 0.465. The molecule has 0 saturated carbocycles. The van der Waals surface area contributed by atoms with E-state index in [0.29, 0.717) is 12.1 Å². The van der Waals surface area contributed by atoms with Gasteiger partial charge in [-0.05, 0) is 12.1 Å². The van der Waals surface area contributed by atoms with Crippen molar-refractivity contribution in [3.05, 3.63) is 49.1 Å². The molecule has 0 aliphatic carbocycles. The summed E-state index contributed by atoms with van der Waals surface area (Å²) in [5.41, 5.74) is 0. The van der Waals surface area contributed by atoms with Gasteiger partial charge in [-0.25, -0.2) is 21.4 Å². The van der Waals surface area contributed by atoms with Crippen LogP contribution in [0.25, 0.3) is 0 Å². The van der Waals surface area contributed by atoms with Crippen molar-refractivity contribution in [1.29, 1.82) is 0 Å². The lowest BCUT2D eigenvalue weighted by Crippen LogP contribution is -2.51. The van der Waals surface area contributed by atoms with Crippen molar-refractivity contribution in [2.75, 3.05) is 0 Å². The fourth-order valence-corrected chi connectivity index (χ4v) is 3.46. The number of imidazole rings is 1. The van der Waals surface area contributed by atoms with Gasteiger partial charge in [0.2, 0.25) is 6.33 Å². The number of nitrogens with one attached hydrogen (secondary N) is 1. The minimum absolute atomic E-state index is 0.566. The van der Waals surface area contributed by atoms with Crippen LogP contribution in [0.5, 0.6) is 0 Å². The molecule has 0 radical (unpaired) electrons. The van der Waals surface area contributed by atoms with Gasteiger partial charge in [0.25, 0.3) is 9.84 Å². The van der Waals surface area contributed by atoms with Crippen molar-refractivity contribution < 1.29 is 43.5 Å². The van der Waals surface area contributed by atoms with Crippen LogP contribution in [0.15, 0.2) is 53.9 Å². The molecule has 0 unspecified atom stereocenters. The second-order valence-electron chi connectivity index (χ2n) is 4.58. The number of rotatable bonds is 4. The van der Waals surface area contributed by atoms with Crippen LogP contribution >= 0.6 is 0 Å². The normalized spacial score (nSPS) is 13.0. The highest BCUT2D eigenvalue weighted by atomic mass is 32.2. The molecule has 0 atom stereocenters. The summed E-state index contributed by atoms with van der Waals surface area (Å²) in [4.78, 5) is 1.66. The van der Waals surface area contributed by atoms with E-state index >= 15 is 0 Å². The average Bonchev–Trinajstić information content (AvgIpc) is 2.98. The Morgan fingerprint density at radius 1 is 1.00 bits per heavy atom. The zero-order valence-electron chi connectivity index (χ0n) is 12.4. The zero-order valence-corrected chi connectivity index (χ0v) is 14.1. The molecule has 2 rings (SSSR count). The first-order valence-electron chi connectivity index (χ1n) is 6.24. The smallest absolute Gasteiger partial charge is 0.425 e. The van der Waals surface area contributed by atoms with E-state index in [0.717, 1.165) is 12.1 Å². The molecule has 0 aliphatic heterocycles. The van der Waals surface area contributed by atoms with Gasteiger partial charge >= 0.3 is 10.5 Å². The molecule has 1 aromatic carbocycles. The molecule has 0 aliphatic rings. The molecular weight excluding hydrogens is 392 g/mol. The molecule has 13 heteroatoms. The number of halogens is 4. The number of hydrogen-bond acceptors (Lipinski definition) is 5. The van der Waals surface area contributed by atoms with E-state index < -0.39 is 35.4 Å². The number of nitrogens with zero attached hydrogens (tertiary/aromatic N) is 1. The number of benzene rings is 1. The molecule has 25 heavy (non-hydrogen) atoms. The standard InChI is InChI=1S/C8H6F4O5S2.C4H6N2/c9-7(10,8(11,12)19(15,16)17)18(13,14)6-4-2-1-3-5-6;1-6-3-2-5-4-6/h1-5H,(H,15,16,17);2-4H,1H3.